The fourth-order valence-electron chi connectivity index (χ4n) is 2.85. The summed E-state index contributed by atoms with van der Waals surface area (Å²) in [5.41, 5.74) is 1.88. The van der Waals surface area contributed by atoms with Crippen molar-refractivity contribution in [1.82, 2.24) is 4.98 Å². The molecule has 0 radical (unpaired) electrons. The van der Waals surface area contributed by atoms with Crippen LogP contribution in [0.2, 0.25) is 0 Å². The number of carbonyl (C=O) groups excluding carboxylic acids is 3. The molecule has 1 N–H and O–H groups in total. The van der Waals surface area contributed by atoms with Gasteiger partial charge in [-0.25, -0.2) is 9.59 Å². The number of hydrogen-bond acceptors (Lipinski definition) is 7. The largest absolute Gasteiger partial charge is 0.497 e. The van der Waals surface area contributed by atoms with Gasteiger partial charge in [-0.15, -0.1) is 0 Å². The van der Waals surface area contributed by atoms with Crippen molar-refractivity contribution in [3.63, 3.8) is 0 Å². The average Bonchev–Trinajstić information content (AvgIpc) is 2.76. The molecular formula is C22H20N2O6. The summed E-state index contributed by atoms with van der Waals surface area (Å²) in [5.74, 6) is -1.18. The number of rotatable bonds is 6. The highest BCUT2D eigenvalue weighted by atomic mass is 16.5. The summed E-state index contributed by atoms with van der Waals surface area (Å²) in [6, 6.07) is 13.4. The van der Waals surface area contributed by atoms with Crippen LogP contribution in [0.3, 0.4) is 0 Å². The summed E-state index contributed by atoms with van der Waals surface area (Å²) < 4.78 is 15.0. The first-order valence-electron chi connectivity index (χ1n) is 9.02. The molecule has 8 heteroatoms. The lowest BCUT2D eigenvalue weighted by molar-refractivity contribution is -0.119. The summed E-state index contributed by atoms with van der Waals surface area (Å²) in [4.78, 5) is 40.9. The van der Waals surface area contributed by atoms with E-state index in [1.165, 1.54) is 13.2 Å². The average molecular weight is 408 g/mol. The van der Waals surface area contributed by atoms with Crippen molar-refractivity contribution in [3.8, 4) is 5.75 Å². The molecule has 0 unspecified atom stereocenters. The molecule has 30 heavy (non-hydrogen) atoms. The molecule has 1 aromatic heterocycles. The zero-order chi connectivity index (χ0) is 21.7. The quantitative estimate of drug-likeness (QED) is 0.625. The van der Waals surface area contributed by atoms with Gasteiger partial charge < -0.3 is 19.5 Å². The van der Waals surface area contributed by atoms with E-state index in [1.807, 2.05) is 0 Å². The van der Waals surface area contributed by atoms with Crippen molar-refractivity contribution in [2.45, 2.75) is 6.92 Å². The van der Waals surface area contributed by atoms with Crippen molar-refractivity contribution in [1.29, 1.82) is 0 Å². The zero-order valence-corrected chi connectivity index (χ0v) is 16.7. The number of ether oxygens (including phenoxy) is 3. The molecule has 0 aliphatic rings. The van der Waals surface area contributed by atoms with Crippen LogP contribution in [-0.2, 0) is 14.3 Å². The molecule has 0 fully saturated rings. The van der Waals surface area contributed by atoms with E-state index in [1.54, 1.807) is 56.5 Å². The molecule has 0 bridgehead atoms. The highest BCUT2D eigenvalue weighted by Gasteiger charge is 2.17. The molecule has 154 valence electrons. The van der Waals surface area contributed by atoms with Gasteiger partial charge in [0.05, 0.1) is 42.2 Å². The summed E-state index contributed by atoms with van der Waals surface area (Å²) in [7, 11) is 2.81. The number of fused-ring (bicyclic) bond motifs is 1. The van der Waals surface area contributed by atoms with Crippen LogP contribution in [-0.4, -0.2) is 43.7 Å². The van der Waals surface area contributed by atoms with Crippen LogP contribution in [0.25, 0.3) is 10.9 Å². The molecule has 0 spiro atoms. The van der Waals surface area contributed by atoms with E-state index in [0.29, 0.717) is 17.0 Å². The second kappa shape index (κ2) is 9.04. The Morgan fingerprint density at radius 2 is 1.73 bits per heavy atom. The monoisotopic (exact) mass is 408 g/mol. The number of amides is 1. The third kappa shape index (κ3) is 4.54. The third-order valence-electron chi connectivity index (χ3n) is 4.38. The first-order valence-corrected chi connectivity index (χ1v) is 9.02. The molecule has 8 nitrogen and oxygen atoms in total. The lowest BCUT2D eigenvalue weighted by Crippen LogP contribution is -2.22. The smallest absolute Gasteiger partial charge is 0.340 e. The zero-order valence-electron chi connectivity index (χ0n) is 16.7. The molecule has 0 aliphatic heterocycles. The maximum atomic E-state index is 12.5. The van der Waals surface area contributed by atoms with Gasteiger partial charge in [0.25, 0.3) is 5.91 Å². The first-order chi connectivity index (χ1) is 14.4. The Labute approximate surface area is 172 Å². The maximum absolute atomic E-state index is 12.5. The van der Waals surface area contributed by atoms with E-state index in [0.717, 1.165) is 5.39 Å². The van der Waals surface area contributed by atoms with Crippen LogP contribution in [0.5, 0.6) is 5.75 Å². The number of carbonyl (C=O) groups is 3. The number of nitrogens with zero attached hydrogens (tertiary/aromatic N) is 1. The summed E-state index contributed by atoms with van der Waals surface area (Å²) in [6.07, 6.45) is 0. The minimum atomic E-state index is -0.672. The number of methoxy groups -OCH3 is 2. The van der Waals surface area contributed by atoms with Gasteiger partial charge >= 0.3 is 11.9 Å². The lowest BCUT2D eigenvalue weighted by atomic mass is 10.1. The Morgan fingerprint density at radius 1 is 0.967 bits per heavy atom. The van der Waals surface area contributed by atoms with Crippen LogP contribution in [0.4, 0.5) is 5.69 Å². The molecule has 0 aliphatic carbocycles. The van der Waals surface area contributed by atoms with Crippen molar-refractivity contribution in [2.24, 2.45) is 0 Å². The second-order valence-corrected chi connectivity index (χ2v) is 6.34. The topological polar surface area (TPSA) is 104 Å². The Balaban J connectivity index is 1.69. The van der Waals surface area contributed by atoms with Crippen LogP contribution in [0.1, 0.15) is 26.4 Å². The molecule has 0 atom stereocenters. The van der Waals surface area contributed by atoms with Crippen LogP contribution in [0, 0.1) is 6.92 Å². The van der Waals surface area contributed by atoms with Crippen LogP contribution < -0.4 is 10.1 Å². The number of hydrogen-bond donors (Lipinski definition) is 1. The highest BCUT2D eigenvalue weighted by molar-refractivity contribution is 6.02. The van der Waals surface area contributed by atoms with Gasteiger partial charge in [-0.1, -0.05) is 12.1 Å². The van der Waals surface area contributed by atoms with E-state index in [2.05, 4.69) is 15.0 Å². The fourth-order valence-corrected chi connectivity index (χ4v) is 2.85. The number of anilines is 1. The van der Waals surface area contributed by atoms with Crippen molar-refractivity contribution in [2.75, 3.05) is 26.1 Å². The normalized spacial score (nSPS) is 10.4. The Hall–Kier alpha value is -3.94. The standard InChI is InChI=1S/C22H20N2O6/c1-13-17(10-14-8-9-15(28-2)11-19(14)23-13)22(27)30-12-20(25)24-18-7-5-4-6-16(18)21(26)29-3/h4-11H,12H2,1-3H3,(H,24,25). The third-order valence-corrected chi connectivity index (χ3v) is 4.38. The predicted octanol–water partition coefficient (Wildman–Crippen LogP) is 3.13. The van der Waals surface area contributed by atoms with E-state index < -0.39 is 24.5 Å². The second-order valence-electron chi connectivity index (χ2n) is 6.34. The van der Waals surface area contributed by atoms with Gasteiger partial charge in [0, 0.05) is 11.5 Å². The van der Waals surface area contributed by atoms with Gasteiger partial charge in [-0.2, -0.15) is 0 Å². The number of para-hydroxylation sites is 1. The van der Waals surface area contributed by atoms with Crippen molar-refractivity contribution in [3.05, 3.63) is 65.4 Å². The molecule has 1 amide bonds. The Kier molecular flexibility index (Phi) is 6.26. The van der Waals surface area contributed by atoms with E-state index >= 15 is 0 Å². The molecular weight excluding hydrogens is 388 g/mol. The molecule has 3 aromatic rings. The SMILES string of the molecule is COC(=O)c1ccccc1NC(=O)COC(=O)c1cc2ccc(OC)cc2nc1C. The fraction of sp³-hybridized carbons (Fsp3) is 0.182. The number of benzene rings is 2. The molecule has 3 rings (SSSR count). The Bertz CT molecular complexity index is 1130. The predicted molar refractivity (Wildman–Crippen MR) is 110 cm³/mol. The number of pyridine rings is 1. The Morgan fingerprint density at radius 3 is 2.47 bits per heavy atom. The number of nitrogens with one attached hydrogen (secondary N) is 1. The molecule has 0 saturated carbocycles. The summed E-state index contributed by atoms with van der Waals surface area (Å²) in [6.45, 7) is 1.16. The first kappa shape index (κ1) is 20.8. The van der Waals surface area contributed by atoms with Crippen molar-refractivity contribution < 1.29 is 28.6 Å². The summed E-state index contributed by atoms with van der Waals surface area (Å²) in [5, 5.41) is 3.28. The van der Waals surface area contributed by atoms with Crippen molar-refractivity contribution >= 4 is 34.4 Å². The number of aromatic nitrogens is 1. The number of esters is 2. The van der Waals surface area contributed by atoms with Gasteiger partial charge in [0.15, 0.2) is 6.61 Å². The summed E-state index contributed by atoms with van der Waals surface area (Å²) >= 11 is 0. The minimum absolute atomic E-state index is 0.199. The van der Waals surface area contributed by atoms with Crippen LogP contribution >= 0.6 is 0 Å². The molecule has 2 aromatic carbocycles. The lowest BCUT2D eigenvalue weighted by Gasteiger charge is -2.11. The van der Waals surface area contributed by atoms with Gasteiger partial charge in [0.2, 0.25) is 0 Å². The van der Waals surface area contributed by atoms with E-state index in [9.17, 15) is 14.4 Å². The minimum Gasteiger partial charge on any atom is -0.497 e. The van der Waals surface area contributed by atoms with E-state index in [4.69, 9.17) is 9.47 Å². The van der Waals surface area contributed by atoms with E-state index in [-0.39, 0.29) is 16.8 Å². The highest BCUT2D eigenvalue weighted by Crippen LogP contribution is 2.22. The molecule has 0 saturated heterocycles. The van der Waals surface area contributed by atoms with Crippen LogP contribution in [0.15, 0.2) is 48.5 Å². The number of aryl methyl sites for hydroxylation is 1. The van der Waals surface area contributed by atoms with Gasteiger partial charge in [-0.3, -0.25) is 9.78 Å². The van der Waals surface area contributed by atoms with Gasteiger partial charge in [-0.05, 0) is 37.3 Å². The maximum Gasteiger partial charge on any atom is 0.340 e. The molecule has 1 heterocycles. The van der Waals surface area contributed by atoms with Gasteiger partial charge in [0.1, 0.15) is 5.75 Å².